The lowest BCUT2D eigenvalue weighted by atomic mass is 10.2. The monoisotopic (exact) mass is 237 g/mol. The van der Waals surface area contributed by atoms with Crippen molar-refractivity contribution in [1.82, 2.24) is 9.97 Å². The minimum atomic E-state index is -0.0422. The second-order valence-corrected chi connectivity index (χ2v) is 4.14. The number of halogens is 1. The van der Waals surface area contributed by atoms with Gasteiger partial charge in [0, 0.05) is 17.8 Å². The number of phenols is 1. The summed E-state index contributed by atoms with van der Waals surface area (Å²) in [5.41, 5.74) is 6.14. The summed E-state index contributed by atoms with van der Waals surface area (Å²) in [5, 5.41) is 10.7. The Balaban J connectivity index is 2.61. The van der Waals surface area contributed by atoms with E-state index in [9.17, 15) is 5.11 Å². The molecule has 0 aliphatic rings. The first-order valence-corrected chi connectivity index (χ1v) is 5.35. The van der Waals surface area contributed by atoms with Gasteiger partial charge in [0.15, 0.2) is 0 Å². The molecule has 0 spiro atoms. The van der Waals surface area contributed by atoms with Crippen LogP contribution in [0.3, 0.4) is 0 Å². The maximum atomic E-state index is 9.67. The zero-order valence-electron chi connectivity index (χ0n) is 8.81. The third-order valence-electron chi connectivity index (χ3n) is 2.21. The number of aromatic nitrogens is 2. The molecule has 1 unspecified atom stereocenters. The highest BCUT2D eigenvalue weighted by molar-refractivity contribution is 6.34. The average Bonchev–Trinajstić information content (AvgIpc) is 2.19. The van der Waals surface area contributed by atoms with Crippen molar-refractivity contribution in [2.45, 2.75) is 19.4 Å². The Morgan fingerprint density at radius 2 is 2.19 bits per heavy atom. The number of benzene rings is 1. The maximum Gasteiger partial charge on any atom is 0.141 e. The lowest BCUT2D eigenvalue weighted by molar-refractivity contribution is 0.480. The van der Waals surface area contributed by atoms with Crippen molar-refractivity contribution in [2.24, 2.45) is 5.73 Å². The fraction of sp³-hybridized carbons (Fsp3) is 0.273. The van der Waals surface area contributed by atoms with E-state index < -0.39 is 0 Å². The van der Waals surface area contributed by atoms with E-state index in [1.807, 2.05) is 6.92 Å². The molecule has 0 aliphatic heterocycles. The van der Waals surface area contributed by atoms with Crippen molar-refractivity contribution in [3.05, 3.63) is 29.2 Å². The topological polar surface area (TPSA) is 72.0 Å². The number of rotatable bonds is 2. The highest BCUT2D eigenvalue weighted by Crippen LogP contribution is 2.27. The van der Waals surface area contributed by atoms with E-state index >= 15 is 0 Å². The zero-order valence-corrected chi connectivity index (χ0v) is 9.57. The highest BCUT2D eigenvalue weighted by atomic mass is 35.5. The number of fused-ring (bicyclic) bond motifs is 1. The summed E-state index contributed by atoms with van der Waals surface area (Å²) in [7, 11) is 0. The molecule has 0 saturated carbocycles. The molecule has 1 aromatic carbocycles. The summed E-state index contributed by atoms with van der Waals surface area (Å²) in [6, 6.07) is 5.01. The molecule has 2 rings (SSSR count). The molecule has 0 fully saturated rings. The van der Waals surface area contributed by atoms with E-state index in [2.05, 4.69) is 9.97 Å². The van der Waals surface area contributed by atoms with E-state index in [-0.39, 0.29) is 11.8 Å². The van der Waals surface area contributed by atoms with Gasteiger partial charge in [-0.3, -0.25) is 0 Å². The van der Waals surface area contributed by atoms with E-state index in [0.717, 1.165) is 0 Å². The Hall–Kier alpha value is -1.39. The van der Waals surface area contributed by atoms with Crippen LogP contribution in [0.2, 0.25) is 5.15 Å². The largest absolute Gasteiger partial charge is 0.506 e. The van der Waals surface area contributed by atoms with Crippen molar-refractivity contribution in [2.75, 3.05) is 0 Å². The van der Waals surface area contributed by atoms with Gasteiger partial charge in [-0.1, -0.05) is 17.7 Å². The van der Waals surface area contributed by atoms with Gasteiger partial charge in [0.1, 0.15) is 22.2 Å². The number of nitrogens with zero attached hydrogens (tertiary/aromatic N) is 2. The fourth-order valence-corrected chi connectivity index (χ4v) is 1.77. The van der Waals surface area contributed by atoms with Crippen molar-refractivity contribution in [3.8, 4) is 5.75 Å². The van der Waals surface area contributed by atoms with Crippen LogP contribution in [0, 0.1) is 0 Å². The van der Waals surface area contributed by atoms with Crippen LogP contribution in [0.15, 0.2) is 18.2 Å². The molecule has 0 amide bonds. The van der Waals surface area contributed by atoms with Gasteiger partial charge < -0.3 is 10.8 Å². The van der Waals surface area contributed by atoms with Gasteiger partial charge in [-0.05, 0) is 19.1 Å². The Kier molecular flexibility index (Phi) is 2.94. The van der Waals surface area contributed by atoms with Crippen LogP contribution in [0.5, 0.6) is 5.75 Å². The SMILES string of the molecule is CC(N)Cc1nc(Cl)c2cccc(O)c2n1. The molecule has 5 heteroatoms. The van der Waals surface area contributed by atoms with Gasteiger partial charge in [0.05, 0.1) is 0 Å². The molecular formula is C11H12ClN3O. The Morgan fingerprint density at radius 1 is 1.44 bits per heavy atom. The van der Waals surface area contributed by atoms with Gasteiger partial charge in [-0.2, -0.15) is 0 Å². The third kappa shape index (κ3) is 2.08. The normalized spacial score (nSPS) is 12.9. The lowest BCUT2D eigenvalue weighted by Gasteiger charge is -2.07. The third-order valence-corrected chi connectivity index (χ3v) is 2.50. The number of para-hydroxylation sites is 1. The summed E-state index contributed by atoms with van der Waals surface area (Å²) < 4.78 is 0. The molecule has 0 saturated heterocycles. The van der Waals surface area contributed by atoms with Crippen LogP contribution in [0.1, 0.15) is 12.7 Å². The molecule has 4 nitrogen and oxygen atoms in total. The van der Waals surface area contributed by atoms with E-state index in [4.69, 9.17) is 17.3 Å². The number of aromatic hydroxyl groups is 1. The van der Waals surface area contributed by atoms with Gasteiger partial charge in [0.2, 0.25) is 0 Å². The standard InChI is InChI=1S/C11H12ClN3O/c1-6(13)5-9-14-10-7(11(12)15-9)3-2-4-8(10)16/h2-4,6,16H,5,13H2,1H3. The van der Waals surface area contributed by atoms with Crippen LogP contribution >= 0.6 is 11.6 Å². The molecular weight excluding hydrogens is 226 g/mol. The number of phenolic OH excluding ortho intramolecular Hbond substituents is 1. The molecule has 84 valence electrons. The van der Waals surface area contributed by atoms with Crippen LogP contribution < -0.4 is 5.73 Å². The molecule has 2 aromatic rings. The van der Waals surface area contributed by atoms with Crippen molar-refractivity contribution in [1.29, 1.82) is 0 Å². The van der Waals surface area contributed by atoms with Gasteiger partial charge >= 0.3 is 0 Å². The Morgan fingerprint density at radius 3 is 2.88 bits per heavy atom. The average molecular weight is 238 g/mol. The Labute approximate surface area is 98.1 Å². The van der Waals surface area contributed by atoms with Crippen molar-refractivity contribution >= 4 is 22.5 Å². The quantitative estimate of drug-likeness (QED) is 0.783. The van der Waals surface area contributed by atoms with Crippen molar-refractivity contribution in [3.63, 3.8) is 0 Å². The molecule has 1 heterocycles. The first-order chi connectivity index (χ1) is 7.58. The molecule has 0 radical (unpaired) electrons. The number of hydrogen-bond acceptors (Lipinski definition) is 4. The lowest BCUT2D eigenvalue weighted by Crippen LogP contribution is -2.19. The molecule has 1 atom stereocenters. The minimum Gasteiger partial charge on any atom is -0.506 e. The molecule has 3 N–H and O–H groups in total. The summed E-state index contributed by atoms with van der Waals surface area (Å²) in [6.45, 7) is 1.87. The molecule has 16 heavy (non-hydrogen) atoms. The second-order valence-electron chi connectivity index (χ2n) is 3.79. The summed E-state index contributed by atoms with van der Waals surface area (Å²) in [5.74, 6) is 0.654. The van der Waals surface area contributed by atoms with E-state index in [0.29, 0.717) is 28.3 Å². The van der Waals surface area contributed by atoms with Gasteiger partial charge in [0.25, 0.3) is 0 Å². The number of hydrogen-bond donors (Lipinski definition) is 2. The minimum absolute atomic E-state index is 0.0422. The van der Waals surface area contributed by atoms with Crippen LogP contribution in [0.4, 0.5) is 0 Å². The predicted octanol–water partition coefficient (Wildman–Crippen LogP) is 1.88. The summed E-state index contributed by atoms with van der Waals surface area (Å²) in [4.78, 5) is 8.40. The Bertz CT molecular complexity index is 528. The molecule has 0 aliphatic carbocycles. The maximum absolute atomic E-state index is 9.67. The van der Waals surface area contributed by atoms with E-state index in [1.165, 1.54) is 0 Å². The smallest absolute Gasteiger partial charge is 0.141 e. The highest BCUT2D eigenvalue weighted by Gasteiger charge is 2.09. The summed E-state index contributed by atoms with van der Waals surface area (Å²) in [6.07, 6.45) is 0.532. The van der Waals surface area contributed by atoms with Crippen LogP contribution in [0.25, 0.3) is 10.9 Å². The van der Waals surface area contributed by atoms with E-state index in [1.54, 1.807) is 18.2 Å². The van der Waals surface area contributed by atoms with Gasteiger partial charge in [-0.25, -0.2) is 9.97 Å². The van der Waals surface area contributed by atoms with Crippen LogP contribution in [-0.4, -0.2) is 21.1 Å². The van der Waals surface area contributed by atoms with Crippen molar-refractivity contribution < 1.29 is 5.11 Å². The fourth-order valence-electron chi connectivity index (χ4n) is 1.52. The summed E-state index contributed by atoms with van der Waals surface area (Å²) >= 11 is 6.01. The zero-order chi connectivity index (χ0) is 11.7. The molecule has 0 bridgehead atoms. The second kappa shape index (κ2) is 4.23. The predicted molar refractivity (Wildman–Crippen MR) is 63.6 cm³/mol. The first-order valence-electron chi connectivity index (χ1n) is 4.97. The molecule has 1 aromatic heterocycles. The van der Waals surface area contributed by atoms with Crippen LogP contribution in [-0.2, 0) is 6.42 Å². The number of nitrogens with two attached hydrogens (primary N) is 1. The first kappa shape index (κ1) is 11.1. The van der Waals surface area contributed by atoms with Gasteiger partial charge in [-0.15, -0.1) is 0 Å².